The molecule has 2 rings (SSSR count). The molecule has 1 aromatic heterocycles. The summed E-state index contributed by atoms with van der Waals surface area (Å²) in [6, 6.07) is 8.37. The molecule has 24 heavy (non-hydrogen) atoms. The molecule has 2 aromatic rings. The van der Waals surface area contributed by atoms with Crippen LogP contribution in [0.5, 0.6) is 11.5 Å². The molecule has 2 N–H and O–H groups in total. The Balaban J connectivity index is 1.87. The molecule has 2 amide bonds. The Morgan fingerprint density at radius 3 is 2.71 bits per heavy atom. The average Bonchev–Trinajstić information content (AvgIpc) is 3.14. The molecule has 126 valence electrons. The minimum absolute atomic E-state index is 0.132. The van der Waals surface area contributed by atoms with Crippen molar-refractivity contribution < 1.29 is 23.5 Å². The van der Waals surface area contributed by atoms with Crippen molar-refractivity contribution in [3.8, 4) is 11.5 Å². The SMILES string of the molecule is COc1cccc(/C=N/NC(=O)CNC(=O)c2ccco2)c1OC. The van der Waals surface area contributed by atoms with E-state index < -0.39 is 11.8 Å². The molecule has 0 saturated heterocycles. The van der Waals surface area contributed by atoms with Gasteiger partial charge in [0.05, 0.1) is 33.2 Å². The molecule has 0 saturated carbocycles. The monoisotopic (exact) mass is 331 g/mol. The second-order valence-corrected chi connectivity index (χ2v) is 4.54. The number of hydrazone groups is 1. The third-order valence-electron chi connectivity index (χ3n) is 2.98. The van der Waals surface area contributed by atoms with Gasteiger partial charge in [0.1, 0.15) is 0 Å². The van der Waals surface area contributed by atoms with Gasteiger partial charge in [0.15, 0.2) is 17.3 Å². The highest BCUT2D eigenvalue weighted by molar-refractivity contribution is 5.94. The Kier molecular flexibility index (Phi) is 5.95. The van der Waals surface area contributed by atoms with Crippen molar-refractivity contribution in [1.82, 2.24) is 10.7 Å². The van der Waals surface area contributed by atoms with E-state index in [4.69, 9.17) is 13.9 Å². The number of nitrogens with zero attached hydrogens (tertiary/aromatic N) is 1. The first kappa shape index (κ1) is 17.1. The number of carbonyl (C=O) groups excluding carboxylic acids is 2. The second kappa shape index (κ2) is 8.37. The maximum Gasteiger partial charge on any atom is 0.287 e. The molecular weight excluding hydrogens is 314 g/mol. The van der Waals surface area contributed by atoms with Crippen molar-refractivity contribution in [2.24, 2.45) is 5.10 Å². The highest BCUT2D eigenvalue weighted by Gasteiger charge is 2.10. The number of methoxy groups -OCH3 is 2. The van der Waals surface area contributed by atoms with Crippen LogP contribution in [0, 0.1) is 0 Å². The van der Waals surface area contributed by atoms with E-state index in [0.717, 1.165) is 0 Å². The van der Waals surface area contributed by atoms with Gasteiger partial charge in [0, 0.05) is 5.56 Å². The molecule has 1 heterocycles. The van der Waals surface area contributed by atoms with E-state index in [1.54, 1.807) is 24.3 Å². The number of rotatable bonds is 7. The molecule has 0 radical (unpaired) electrons. The summed E-state index contributed by atoms with van der Waals surface area (Å²) >= 11 is 0. The van der Waals surface area contributed by atoms with E-state index in [1.165, 1.54) is 32.8 Å². The molecule has 0 bridgehead atoms. The van der Waals surface area contributed by atoms with E-state index in [9.17, 15) is 9.59 Å². The fraction of sp³-hybridized carbons (Fsp3) is 0.188. The second-order valence-electron chi connectivity index (χ2n) is 4.54. The number of amides is 2. The van der Waals surface area contributed by atoms with Crippen molar-refractivity contribution in [3.05, 3.63) is 47.9 Å². The van der Waals surface area contributed by atoms with Crippen LogP contribution in [0.3, 0.4) is 0 Å². The lowest BCUT2D eigenvalue weighted by Crippen LogP contribution is -2.34. The van der Waals surface area contributed by atoms with Crippen LogP contribution in [0.4, 0.5) is 0 Å². The van der Waals surface area contributed by atoms with Gasteiger partial charge in [-0.1, -0.05) is 6.07 Å². The fourth-order valence-electron chi connectivity index (χ4n) is 1.88. The van der Waals surface area contributed by atoms with Crippen molar-refractivity contribution in [2.75, 3.05) is 20.8 Å². The normalized spacial score (nSPS) is 10.4. The molecule has 0 aliphatic heterocycles. The van der Waals surface area contributed by atoms with Gasteiger partial charge in [-0.15, -0.1) is 0 Å². The third kappa shape index (κ3) is 4.35. The maximum atomic E-state index is 11.7. The molecular formula is C16H17N3O5. The summed E-state index contributed by atoms with van der Waals surface area (Å²) < 4.78 is 15.3. The number of nitrogens with one attached hydrogen (secondary N) is 2. The Morgan fingerprint density at radius 1 is 1.21 bits per heavy atom. The average molecular weight is 331 g/mol. The summed E-state index contributed by atoms with van der Waals surface area (Å²) in [4.78, 5) is 23.3. The Hall–Kier alpha value is -3.29. The molecule has 0 aliphatic carbocycles. The van der Waals surface area contributed by atoms with E-state index in [0.29, 0.717) is 17.1 Å². The standard InChI is InChI=1S/C16H17N3O5/c1-22-12-6-3-5-11(15(12)23-2)9-18-19-14(20)10-17-16(21)13-7-4-8-24-13/h3-9H,10H2,1-2H3,(H,17,21)(H,19,20)/b18-9+. The van der Waals surface area contributed by atoms with Crippen molar-refractivity contribution >= 4 is 18.0 Å². The van der Waals surface area contributed by atoms with Crippen LogP contribution in [-0.4, -0.2) is 38.8 Å². The van der Waals surface area contributed by atoms with Crippen LogP contribution in [0.1, 0.15) is 16.1 Å². The minimum atomic E-state index is -0.479. The minimum Gasteiger partial charge on any atom is -0.493 e. The topological polar surface area (TPSA) is 102 Å². The van der Waals surface area contributed by atoms with Crippen LogP contribution in [0.15, 0.2) is 46.1 Å². The number of hydrogen-bond donors (Lipinski definition) is 2. The van der Waals surface area contributed by atoms with Gasteiger partial charge < -0.3 is 19.2 Å². The number of carbonyl (C=O) groups is 2. The van der Waals surface area contributed by atoms with Crippen LogP contribution in [-0.2, 0) is 4.79 Å². The Labute approximate surface area is 138 Å². The first-order chi connectivity index (χ1) is 11.7. The number of hydrogen-bond acceptors (Lipinski definition) is 6. The number of ether oxygens (including phenoxy) is 2. The molecule has 0 atom stereocenters. The van der Waals surface area contributed by atoms with Gasteiger partial charge in [0.2, 0.25) is 0 Å². The zero-order valence-electron chi connectivity index (χ0n) is 13.2. The van der Waals surface area contributed by atoms with E-state index in [1.807, 2.05) is 0 Å². The molecule has 8 nitrogen and oxygen atoms in total. The summed E-state index contributed by atoms with van der Waals surface area (Å²) in [7, 11) is 3.04. The van der Waals surface area contributed by atoms with E-state index in [2.05, 4.69) is 15.8 Å². The smallest absolute Gasteiger partial charge is 0.287 e. The molecule has 8 heteroatoms. The van der Waals surface area contributed by atoms with Gasteiger partial charge in [-0.3, -0.25) is 9.59 Å². The Morgan fingerprint density at radius 2 is 2.04 bits per heavy atom. The fourth-order valence-corrected chi connectivity index (χ4v) is 1.88. The van der Waals surface area contributed by atoms with Crippen LogP contribution in [0.2, 0.25) is 0 Å². The quantitative estimate of drug-likeness (QED) is 0.586. The van der Waals surface area contributed by atoms with Gasteiger partial charge >= 0.3 is 0 Å². The zero-order valence-corrected chi connectivity index (χ0v) is 13.2. The van der Waals surface area contributed by atoms with Gasteiger partial charge in [-0.25, -0.2) is 5.43 Å². The highest BCUT2D eigenvalue weighted by atomic mass is 16.5. The van der Waals surface area contributed by atoms with Crippen molar-refractivity contribution in [1.29, 1.82) is 0 Å². The Bertz CT molecular complexity index is 725. The lowest BCUT2D eigenvalue weighted by Gasteiger charge is -2.09. The zero-order chi connectivity index (χ0) is 17.4. The molecule has 0 aliphatic rings. The number of furan rings is 1. The lowest BCUT2D eigenvalue weighted by molar-refractivity contribution is -0.120. The van der Waals surface area contributed by atoms with Crippen molar-refractivity contribution in [3.63, 3.8) is 0 Å². The first-order valence-electron chi connectivity index (χ1n) is 7.00. The summed E-state index contributed by atoms with van der Waals surface area (Å²) in [5, 5.41) is 6.24. The van der Waals surface area contributed by atoms with E-state index >= 15 is 0 Å². The third-order valence-corrected chi connectivity index (χ3v) is 2.98. The largest absolute Gasteiger partial charge is 0.493 e. The number of para-hydroxylation sites is 1. The molecule has 0 spiro atoms. The molecule has 1 aromatic carbocycles. The van der Waals surface area contributed by atoms with Crippen molar-refractivity contribution in [2.45, 2.75) is 0 Å². The summed E-state index contributed by atoms with van der Waals surface area (Å²) in [5.41, 5.74) is 2.95. The van der Waals surface area contributed by atoms with Gasteiger partial charge in [0.25, 0.3) is 11.8 Å². The van der Waals surface area contributed by atoms with E-state index in [-0.39, 0.29) is 12.3 Å². The predicted molar refractivity (Wildman–Crippen MR) is 86.3 cm³/mol. The van der Waals surface area contributed by atoms with Crippen LogP contribution in [0.25, 0.3) is 0 Å². The number of benzene rings is 1. The lowest BCUT2D eigenvalue weighted by atomic mass is 10.2. The first-order valence-corrected chi connectivity index (χ1v) is 7.00. The molecule has 0 unspecified atom stereocenters. The molecule has 0 fully saturated rings. The van der Waals surface area contributed by atoms with Crippen LogP contribution < -0.4 is 20.2 Å². The summed E-state index contributed by atoms with van der Waals surface area (Å²) in [6.07, 6.45) is 2.80. The summed E-state index contributed by atoms with van der Waals surface area (Å²) in [6.45, 7) is -0.230. The summed E-state index contributed by atoms with van der Waals surface area (Å²) in [5.74, 6) is 0.233. The maximum absolute atomic E-state index is 11.7. The predicted octanol–water partition coefficient (Wildman–Crippen LogP) is 1.18. The highest BCUT2D eigenvalue weighted by Crippen LogP contribution is 2.29. The van der Waals surface area contributed by atoms with Crippen LogP contribution >= 0.6 is 0 Å². The van der Waals surface area contributed by atoms with Gasteiger partial charge in [-0.05, 0) is 24.3 Å². The van der Waals surface area contributed by atoms with Gasteiger partial charge in [-0.2, -0.15) is 5.10 Å².